The van der Waals surface area contributed by atoms with Crippen LogP contribution in [0.4, 0.5) is 14.5 Å². The SMILES string of the molecule is Cc1cc(F)c(F)cc1NC(=S)NC#N. The summed E-state index contributed by atoms with van der Waals surface area (Å²) in [5.74, 6) is -1.89. The second-order valence-corrected chi connectivity index (χ2v) is 3.18. The summed E-state index contributed by atoms with van der Waals surface area (Å²) in [5.41, 5.74) is 0.817. The van der Waals surface area contributed by atoms with Crippen LogP contribution in [0.15, 0.2) is 12.1 Å². The molecule has 0 heterocycles. The Morgan fingerprint density at radius 3 is 2.60 bits per heavy atom. The highest BCUT2D eigenvalue weighted by Crippen LogP contribution is 2.18. The van der Waals surface area contributed by atoms with Crippen molar-refractivity contribution >= 4 is 23.0 Å². The number of nitriles is 1. The van der Waals surface area contributed by atoms with E-state index in [1.807, 2.05) is 0 Å². The molecule has 0 atom stereocenters. The summed E-state index contributed by atoms with van der Waals surface area (Å²) in [6, 6.07) is 2.03. The summed E-state index contributed by atoms with van der Waals surface area (Å²) in [6.07, 6.45) is 1.61. The Labute approximate surface area is 90.7 Å². The van der Waals surface area contributed by atoms with Gasteiger partial charge < -0.3 is 5.32 Å². The largest absolute Gasteiger partial charge is 0.332 e. The Bertz CT molecular complexity index is 440. The first-order valence-electron chi connectivity index (χ1n) is 3.96. The van der Waals surface area contributed by atoms with Crippen LogP contribution in [0.25, 0.3) is 0 Å². The highest BCUT2D eigenvalue weighted by molar-refractivity contribution is 7.80. The van der Waals surface area contributed by atoms with Crippen LogP contribution in [0.1, 0.15) is 5.56 Å². The van der Waals surface area contributed by atoms with E-state index in [1.54, 1.807) is 13.1 Å². The minimum absolute atomic E-state index is 0.0339. The third kappa shape index (κ3) is 2.86. The molecule has 78 valence electrons. The van der Waals surface area contributed by atoms with Gasteiger partial charge in [-0.2, -0.15) is 5.26 Å². The average molecular weight is 227 g/mol. The first kappa shape index (κ1) is 11.3. The molecule has 0 fully saturated rings. The molecule has 1 aromatic carbocycles. The summed E-state index contributed by atoms with van der Waals surface area (Å²) >= 11 is 4.71. The fourth-order valence-electron chi connectivity index (χ4n) is 0.985. The second kappa shape index (κ2) is 4.66. The van der Waals surface area contributed by atoms with Gasteiger partial charge in [0.2, 0.25) is 0 Å². The number of halogens is 2. The van der Waals surface area contributed by atoms with Crippen LogP contribution in [-0.2, 0) is 0 Å². The van der Waals surface area contributed by atoms with Crippen molar-refractivity contribution in [2.75, 3.05) is 5.32 Å². The second-order valence-electron chi connectivity index (χ2n) is 2.77. The van der Waals surface area contributed by atoms with Crippen molar-refractivity contribution in [2.24, 2.45) is 0 Å². The Morgan fingerprint density at radius 2 is 2.00 bits per heavy atom. The monoisotopic (exact) mass is 227 g/mol. The zero-order valence-electron chi connectivity index (χ0n) is 7.77. The van der Waals surface area contributed by atoms with E-state index in [2.05, 4.69) is 10.6 Å². The number of benzene rings is 1. The van der Waals surface area contributed by atoms with Crippen LogP contribution >= 0.6 is 12.2 Å². The molecule has 0 aliphatic carbocycles. The highest BCUT2D eigenvalue weighted by atomic mass is 32.1. The first-order chi connectivity index (χ1) is 7.04. The molecule has 2 N–H and O–H groups in total. The van der Waals surface area contributed by atoms with Crippen molar-refractivity contribution < 1.29 is 8.78 Å². The lowest BCUT2D eigenvalue weighted by Gasteiger charge is -2.09. The van der Waals surface area contributed by atoms with Gasteiger partial charge in [-0.15, -0.1) is 0 Å². The molecule has 1 rings (SSSR count). The fourth-order valence-corrected chi connectivity index (χ4v) is 1.14. The van der Waals surface area contributed by atoms with Crippen LogP contribution in [0.5, 0.6) is 0 Å². The van der Waals surface area contributed by atoms with Gasteiger partial charge in [0.1, 0.15) is 0 Å². The zero-order valence-corrected chi connectivity index (χ0v) is 8.58. The molecule has 0 spiro atoms. The number of thiocarbonyl (C=S) groups is 1. The summed E-state index contributed by atoms with van der Waals surface area (Å²) in [4.78, 5) is 0. The molecule has 0 saturated carbocycles. The van der Waals surface area contributed by atoms with Crippen molar-refractivity contribution in [3.8, 4) is 6.19 Å². The Hall–Kier alpha value is -1.74. The van der Waals surface area contributed by atoms with Gasteiger partial charge in [-0.1, -0.05) is 0 Å². The summed E-state index contributed by atoms with van der Waals surface area (Å²) in [6.45, 7) is 1.60. The van der Waals surface area contributed by atoms with Crippen molar-refractivity contribution in [3.63, 3.8) is 0 Å². The van der Waals surface area contributed by atoms with Crippen LogP contribution in [-0.4, -0.2) is 5.11 Å². The van der Waals surface area contributed by atoms with E-state index in [4.69, 9.17) is 17.5 Å². The highest BCUT2D eigenvalue weighted by Gasteiger charge is 2.07. The minimum Gasteiger partial charge on any atom is -0.332 e. The molecular weight excluding hydrogens is 220 g/mol. The molecule has 0 bridgehead atoms. The van der Waals surface area contributed by atoms with Crippen LogP contribution in [0.2, 0.25) is 0 Å². The van der Waals surface area contributed by atoms with Crippen LogP contribution in [0.3, 0.4) is 0 Å². The van der Waals surface area contributed by atoms with Gasteiger partial charge in [-0.25, -0.2) is 8.78 Å². The normalized spacial score (nSPS) is 9.20. The van der Waals surface area contributed by atoms with E-state index in [0.717, 1.165) is 12.1 Å². The topological polar surface area (TPSA) is 47.8 Å². The summed E-state index contributed by atoms with van der Waals surface area (Å²) < 4.78 is 25.6. The van der Waals surface area contributed by atoms with E-state index < -0.39 is 11.6 Å². The van der Waals surface area contributed by atoms with E-state index in [0.29, 0.717) is 11.3 Å². The standard InChI is InChI=1S/C9H7F2N3S/c1-5-2-6(10)7(11)3-8(5)14-9(15)13-4-12/h2-3H,1H3,(H2,13,14,15). The molecule has 6 heteroatoms. The van der Waals surface area contributed by atoms with Crippen molar-refractivity contribution in [3.05, 3.63) is 29.3 Å². The first-order valence-corrected chi connectivity index (χ1v) is 4.37. The molecule has 0 aliphatic heterocycles. The van der Waals surface area contributed by atoms with E-state index in [9.17, 15) is 8.78 Å². The Morgan fingerprint density at radius 1 is 1.40 bits per heavy atom. The molecule has 0 radical (unpaired) electrons. The van der Waals surface area contributed by atoms with Crippen molar-refractivity contribution in [1.29, 1.82) is 5.26 Å². The van der Waals surface area contributed by atoms with Crippen LogP contribution < -0.4 is 10.6 Å². The smallest absolute Gasteiger partial charge is 0.184 e. The summed E-state index contributed by atoms with van der Waals surface area (Å²) in [5, 5.41) is 13.0. The van der Waals surface area contributed by atoms with Gasteiger partial charge in [0, 0.05) is 11.8 Å². The van der Waals surface area contributed by atoms with Gasteiger partial charge in [-0.3, -0.25) is 5.32 Å². The Balaban J connectivity index is 2.92. The molecule has 0 amide bonds. The van der Waals surface area contributed by atoms with E-state index in [-0.39, 0.29) is 5.11 Å². The molecule has 0 unspecified atom stereocenters. The molecule has 1 aromatic rings. The predicted octanol–water partition coefficient (Wildman–Crippen LogP) is 2.04. The maximum absolute atomic E-state index is 12.9. The zero-order chi connectivity index (χ0) is 11.4. The molecule has 0 aliphatic rings. The number of anilines is 1. The van der Waals surface area contributed by atoms with Gasteiger partial charge in [-0.05, 0) is 30.8 Å². The molecule has 0 saturated heterocycles. The number of hydrogen-bond acceptors (Lipinski definition) is 2. The quantitative estimate of drug-likeness (QED) is 0.438. The maximum atomic E-state index is 12.9. The fraction of sp³-hybridized carbons (Fsp3) is 0.111. The number of hydrogen-bond donors (Lipinski definition) is 2. The van der Waals surface area contributed by atoms with Gasteiger partial charge in [0.25, 0.3) is 0 Å². The third-order valence-electron chi connectivity index (χ3n) is 1.68. The minimum atomic E-state index is -0.970. The van der Waals surface area contributed by atoms with Gasteiger partial charge >= 0.3 is 0 Å². The number of nitrogens with one attached hydrogen (secondary N) is 2. The third-order valence-corrected chi connectivity index (χ3v) is 1.89. The summed E-state index contributed by atoms with van der Waals surface area (Å²) in [7, 11) is 0. The lowest BCUT2D eigenvalue weighted by atomic mass is 10.2. The lowest BCUT2D eigenvalue weighted by molar-refractivity contribution is 0.508. The number of nitrogens with zero attached hydrogens (tertiary/aromatic N) is 1. The molecular formula is C9H7F2N3S. The lowest BCUT2D eigenvalue weighted by Crippen LogP contribution is -2.24. The van der Waals surface area contributed by atoms with Gasteiger partial charge in [0.15, 0.2) is 22.9 Å². The average Bonchev–Trinajstić information content (AvgIpc) is 2.14. The maximum Gasteiger partial charge on any atom is 0.184 e. The Kier molecular flexibility index (Phi) is 3.52. The number of aryl methyl sites for hydroxylation is 1. The van der Waals surface area contributed by atoms with Crippen molar-refractivity contribution in [1.82, 2.24) is 5.32 Å². The predicted molar refractivity (Wildman–Crippen MR) is 56.1 cm³/mol. The van der Waals surface area contributed by atoms with E-state index in [1.165, 1.54) is 0 Å². The molecule has 0 aromatic heterocycles. The molecule has 15 heavy (non-hydrogen) atoms. The molecule has 3 nitrogen and oxygen atoms in total. The number of rotatable bonds is 1. The van der Waals surface area contributed by atoms with Crippen LogP contribution in [0, 0.1) is 30.0 Å². The van der Waals surface area contributed by atoms with E-state index >= 15 is 0 Å². The van der Waals surface area contributed by atoms with Crippen molar-refractivity contribution in [2.45, 2.75) is 6.92 Å². The van der Waals surface area contributed by atoms with Gasteiger partial charge in [0.05, 0.1) is 0 Å².